The van der Waals surface area contributed by atoms with E-state index in [9.17, 15) is 14.9 Å². The Labute approximate surface area is 95.9 Å². The van der Waals surface area contributed by atoms with Crippen molar-refractivity contribution in [3.8, 4) is 0 Å². The van der Waals surface area contributed by atoms with E-state index in [4.69, 9.17) is 23.2 Å². The third-order valence-electron chi connectivity index (χ3n) is 1.87. The van der Waals surface area contributed by atoms with Gasteiger partial charge in [-0.2, -0.15) is 0 Å². The maximum atomic E-state index is 11.3. The van der Waals surface area contributed by atoms with Crippen LogP contribution in [0.1, 0.15) is 15.9 Å². The minimum atomic E-state index is -0.575. The van der Waals surface area contributed by atoms with Crippen molar-refractivity contribution >= 4 is 34.7 Å². The number of hydrogen-bond acceptors (Lipinski definition) is 3. The van der Waals surface area contributed by atoms with Gasteiger partial charge in [0.25, 0.3) is 5.69 Å². The highest BCUT2D eigenvalue weighted by Crippen LogP contribution is 2.27. The van der Waals surface area contributed by atoms with E-state index in [0.717, 1.165) is 6.07 Å². The van der Waals surface area contributed by atoms with Crippen LogP contribution in [0, 0.1) is 17.0 Å². The van der Waals surface area contributed by atoms with Crippen molar-refractivity contribution in [2.75, 3.05) is 5.88 Å². The average Bonchev–Trinajstić information content (AvgIpc) is 2.20. The monoisotopic (exact) mass is 247 g/mol. The van der Waals surface area contributed by atoms with E-state index in [1.165, 1.54) is 6.07 Å². The Bertz CT molecular complexity index is 432. The molecule has 0 N–H and O–H groups in total. The first-order chi connectivity index (χ1) is 6.97. The summed E-state index contributed by atoms with van der Waals surface area (Å²) in [6.45, 7) is 1.60. The summed E-state index contributed by atoms with van der Waals surface area (Å²) in [5.41, 5.74) is 0.420. The van der Waals surface area contributed by atoms with Gasteiger partial charge in [0.2, 0.25) is 0 Å². The van der Waals surface area contributed by atoms with Crippen LogP contribution < -0.4 is 0 Å². The van der Waals surface area contributed by atoms with E-state index in [-0.39, 0.29) is 22.2 Å². The summed E-state index contributed by atoms with van der Waals surface area (Å²) >= 11 is 11.2. The molecule has 4 nitrogen and oxygen atoms in total. The number of alkyl halides is 1. The number of rotatable bonds is 3. The highest BCUT2D eigenvalue weighted by Gasteiger charge is 2.17. The molecule has 0 unspecified atom stereocenters. The molecular weight excluding hydrogens is 241 g/mol. The number of ketones is 1. The molecule has 80 valence electrons. The van der Waals surface area contributed by atoms with Gasteiger partial charge in [0.15, 0.2) is 5.78 Å². The molecule has 0 amide bonds. The number of aryl methyl sites for hydroxylation is 1. The van der Waals surface area contributed by atoms with Crippen LogP contribution in [0.25, 0.3) is 0 Å². The van der Waals surface area contributed by atoms with Gasteiger partial charge in [0.1, 0.15) is 0 Å². The van der Waals surface area contributed by atoms with Gasteiger partial charge in [0, 0.05) is 17.7 Å². The molecule has 15 heavy (non-hydrogen) atoms. The molecule has 0 saturated heterocycles. The Balaban J connectivity index is 3.37. The Hall–Kier alpha value is -1.13. The van der Waals surface area contributed by atoms with Crippen LogP contribution in [0.5, 0.6) is 0 Å². The molecule has 0 aliphatic carbocycles. The highest BCUT2D eigenvalue weighted by molar-refractivity contribution is 6.37. The minimum Gasteiger partial charge on any atom is -0.293 e. The van der Waals surface area contributed by atoms with Crippen molar-refractivity contribution in [1.82, 2.24) is 0 Å². The van der Waals surface area contributed by atoms with Gasteiger partial charge in [-0.25, -0.2) is 0 Å². The first-order valence-corrected chi connectivity index (χ1v) is 4.92. The molecule has 0 aliphatic heterocycles. The standard InChI is InChI=1S/C9H7Cl2NO3/c1-5-2-6(12(14)15)3-7(9(5)11)8(13)4-10/h2-3H,4H2,1H3. The fourth-order valence-corrected chi connectivity index (χ4v) is 1.49. The first kappa shape index (κ1) is 11.9. The van der Waals surface area contributed by atoms with Crippen LogP contribution >= 0.6 is 23.2 Å². The van der Waals surface area contributed by atoms with Crippen LogP contribution in [0.3, 0.4) is 0 Å². The van der Waals surface area contributed by atoms with Crippen molar-refractivity contribution in [2.45, 2.75) is 6.92 Å². The predicted molar refractivity (Wildman–Crippen MR) is 57.9 cm³/mol. The molecule has 1 aromatic carbocycles. The summed E-state index contributed by atoms with van der Waals surface area (Å²) < 4.78 is 0. The van der Waals surface area contributed by atoms with Gasteiger partial charge in [-0.05, 0) is 12.5 Å². The number of halogens is 2. The molecule has 6 heteroatoms. The molecule has 0 atom stereocenters. The molecule has 0 radical (unpaired) electrons. The van der Waals surface area contributed by atoms with E-state index in [2.05, 4.69) is 0 Å². The maximum Gasteiger partial charge on any atom is 0.270 e. The maximum absolute atomic E-state index is 11.3. The largest absolute Gasteiger partial charge is 0.293 e. The SMILES string of the molecule is Cc1cc([N+](=O)[O-])cc(C(=O)CCl)c1Cl. The van der Waals surface area contributed by atoms with Crippen LogP contribution in [0.2, 0.25) is 5.02 Å². The van der Waals surface area contributed by atoms with E-state index in [0.29, 0.717) is 5.56 Å². The van der Waals surface area contributed by atoms with Gasteiger partial charge in [-0.1, -0.05) is 11.6 Å². The van der Waals surface area contributed by atoms with Gasteiger partial charge in [0.05, 0.1) is 15.8 Å². The lowest BCUT2D eigenvalue weighted by molar-refractivity contribution is -0.384. The number of nitro benzene ring substituents is 1. The van der Waals surface area contributed by atoms with E-state index in [1.54, 1.807) is 6.92 Å². The van der Waals surface area contributed by atoms with E-state index >= 15 is 0 Å². The highest BCUT2D eigenvalue weighted by atomic mass is 35.5. The van der Waals surface area contributed by atoms with Crippen LogP contribution in [0.4, 0.5) is 5.69 Å². The Morgan fingerprint density at radius 2 is 2.13 bits per heavy atom. The molecule has 0 heterocycles. The summed E-state index contributed by atoms with van der Waals surface area (Å²) in [6.07, 6.45) is 0. The lowest BCUT2D eigenvalue weighted by Gasteiger charge is -2.04. The summed E-state index contributed by atoms with van der Waals surface area (Å²) in [4.78, 5) is 21.3. The lowest BCUT2D eigenvalue weighted by atomic mass is 10.1. The second-order valence-corrected chi connectivity index (χ2v) is 3.58. The molecule has 1 aromatic rings. The van der Waals surface area contributed by atoms with Gasteiger partial charge in [-0.15, -0.1) is 11.6 Å². The predicted octanol–water partition coefficient (Wildman–Crippen LogP) is 2.98. The van der Waals surface area contributed by atoms with Gasteiger partial charge < -0.3 is 0 Å². The lowest BCUT2D eigenvalue weighted by Crippen LogP contribution is -2.03. The fourth-order valence-electron chi connectivity index (χ4n) is 1.13. The number of carbonyl (C=O) groups is 1. The van der Waals surface area contributed by atoms with Crippen molar-refractivity contribution in [3.63, 3.8) is 0 Å². The molecule has 0 bridgehead atoms. The topological polar surface area (TPSA) is 60.2 Å². The zero-order valence-corrected chi connectivity index (χ0v) is 9.30. The summed E-state index contributed by atoms with van der Waals surface area (Å²) in [5, 5.41) is 10.8. The van der Waals surface area contributed by atoms with Crippen molar-refractivity contribution in [2.24, 2.45) is 0 Å². The molecule has 0 aliphatic rings. The van der Waals surface area contributed by atoms with Crippen molar-refractivity contribution in [3.05, 3.63) is 38.4 Å². The number of non-ortho nitro benzene ring substituents is 1. The average molecular weight is 248 g/mol. The number of benzene rings is 1. The smallest absolute Gasteiger partial charge is 0.270 e. The van der Waals surface area contributed by atoms with Crippen molar-refractivity contribution < 1.29 is 9.72 Å². The van der Waals surface area contributed by atoms with Crippen molar-refractivity contribution in [1.29, 1.82) is 0 Å². The summed E-state index contributed by atoms with van der Waals surface area (Å²) in [7, 11) is 0. The Kier molecular flexibility index (Phi) is 3.66. The molecule has 1 rings (SSSR count). The normalized spacial score (nSPS) is 10.1. The third kappa shape index (κ3) is 2.46. The summed E-state index contributed by atoms with van der Waals surface area (Å²) in [6, 6.07) is 2.45. The number of nitrogens with zero attached hydrogens (tertiary/aromatic N) is 1. The number of nitro groups is 1. The molecule has 0 aromatic heterocycles. The fraction of sp³-hybridized carbons (Fsp3) is 0.222. The van der Waals surface area contributed by atoms with Gasteiger partial charge in [-0.3, -0.25) is 14.9 Å². The van der Waals surface area contributed by atoms with E-state index in [1.807, 2.05) is 0 Å². The van der Waals surface area contributed by atoms with Crippen LogP contribution in [-0.2, 0) is 0 Å². The molecule has 0 spiro atoms. The quantitative estimate of drug-likeness (QED) is 0.357. The van der Waals surface area contributed by atoms with E-state index < -0.39 is 10.7 Å². The Morgan fingerprint density at radius 1 is 1.53 bits per heavy atom. The Morgan fingerprint density at radius 3 is 2.60 bits per heavy atom. The summed E-state index contributed by atoms with van der Waals surface area (Å²) in [5.74, 6) is -0.672. The second-order valence-electron chi connectivity index (χ2n) is 2.94. The number of carbonyl (C=O) groups excluding carboxylic acids is 1. The molecule has 0 fully saturated rings. The zero-order valence-electron chi connectivity index (χ0n) is 7.79. The number of hydrogen-bond donors (Lipinski definition) is 0. The van der Waals surface area contributed by atoms with Gasteiger partial charge >= 0.3 is 0 Å². The number of Topliss-reactive ketones (excluding diaryl/α,β-unsaturated/α-hetero) is 1. The third-order valence-corrected chi connectivity index (χ3v) is 2.62. The minimum absolute atomic E-state index is 0.0957. The second kappa shape index (κ2) is 4.59. The van der Waals surface area contributed by atoms with Crippen LogP contribution in [-0.4, -0.2) is 16.6 Å². The molecule has 0 saturated carbocycles. The zero-order chi connectivity index (χ0) is 11.6. The van der Waals surface area contributed by atoms with Crippen LogP contribution in [0.15, 0.2) is 12.1 Å². The first-order valence-electron chi connectivity index (χ1n) is 4.01. The molecular formula is C9H7Cl2NO3.